The number of carbonyl (C=O) groups is 1. The van der Waals surface area contributed by atoms with Gasteiger partial charge in [0.15, 0.2) is 0 Å². The zero-order valence-electron chi connectivity index (χ0n) is 10.5. The van der Waals surface area contributed by atoms with Gasteiger partial charge in [-0.1, -0.05) is 15.9 Å². The zero-order valence-corrected chi connectivity index (χ0v) is 12.1. The highest BCUT2D eigenvalue weighted by Crippen LogP contribution is 2.60. The number of carbonyl (C=O) groups excluding carboxylic acids is 1. The van der Waals surface area contributed by atoms with Crippen LogP contribution in [0.1, 0.15) is 45.4 Å². The largest absolute Gasteiger partial charge is 0.352 e. The molecule has 3 heteroatoms. The van der Waals surface area contributed by atoms with Gasteiger partial charge in [0.1, 0.15) is 0 Å². The Balaban J connectivity index is 1.75. The van der Waals surface area contributed by atoms with E-state index in [0.717, 1.165) is 23.1 Å². The lowest BCUT2D eigenvalue weighted by Crippen LogP contribution is -2.55. The summed E-state index contributed by atoms with van der Waals surface area (Å²) in [6, 6.07) is 0.260. The summed E-state index contributed by atoms with van der Waals surface area (Å²) in [7, 11) is 0. The average molecular weight is 300 g/mol. The summed E-state index contributed by atoms with van der Waals surface area (Å²) in [5.74, 6) is 2.91. The van der Waals surface area contributed by atoms with E-state index in [2.05, 4.69) is 28.2 Å². The quantitative estimate of drug-likeness (QED) is 0.797. The van der Waals surface area contributed by atoms with Crippen molar-refractivity contribution in [3.63, 3.8) is 0 Å². The van der Waals surface area contributed by atoms with Crippen molar-refractivity contribution in [3.8, 4) is 0 Å². The van der Waals surface area contributed by atoms with E-state index in [0.29, 0.717) is 5.91 Å². The van der Waals surface area contributed by atoms with Crippen molar-refractivity contribution in [2.75, 3.05) is 5.33 Å². The Morgan fingerprint density at radius 1 is 1.24 bits per heavy atom. The number of halogens is 1. The van der Waals surface area contributed by atoms with Crippen molar-refractivity contribution >= 4 is 21.8 Å². The van der Waals surface area contributed by atoms with Gasteiger partial charge in [0, 0.05) is 16.8 Å². The molecule has 0 aromatic carbocycles. The summed E-state index contributed by atoms with van der Waals surface area (Å²) in [6.07, 6.45) is 7.71. The summed E-state index contributed by atoms with van der Waals surface area (Å²) in [6.45, 7) is 2.08. The fraction of sp³-hybridized carbons (Fsp3) is 0.929. The molecule has 4 fully saturated rings. The highest BCUT2D eigenvalue weighted by molar-refractivity contribution is 9.09. The highest BCUT2D eigenvalue weighted by atomic mass is 79.9. The number of amides is 1. The monoisotopic (exact) mass is 299 g/mol. The van der Waals surface area contributed by atoms with Crippen molar-refractivity contribution in [1.29, 1.82) is 0 Å². The smallest absolute Gasteiger partial charge is 0.226 e. The van der Waals surface area contributed by atoms with Gasteiger partial charge in [0.2, 0.25) is 5.91 Å². The third kappa shape index (κ3) is 2.05. The molecule has 0 saturated heterocycles. The molecule has 1 N–H and O–H groups in total. The van der Waals surface area contributed by atoms with Crippen LogP contribution < -0.4 is 5.32 Å². The van der Waals surface area contributed by atoms with Crippen molar-refractivity contribution in [3.05, 3.63) is 0 Å². The molecule has 1 atom stereocenters. The zero-order chi connectivity index (χ0) is 12.0. The Labute approximate surface area is 112 Å². The topological polar surface area (TPSA) is 29.1 Å². The van der Waals surface area contributed by atoms with Gasteiger partial charge in [0.25, 0.3) is 0 Å². The molecular formula is C14H22BrNO. The molecule has 0 spiro atoms. The summed E-state index contributed by atoms with van der Waals surface area (Å²) in [5, 5.41) is 4.05. The van der Waals surface area contributed by atoms with Crippen LogP contribution in [0.2, 0.25) is 0 Å². The normalized spacial score (nSPS) is 44.7. The van der Waals surface area contributed by atoms with Crippen molar-refractivity contribution in [2.45, 2.75) is 51.5 Å². The van der Waals surface area contributed by atoms with Crippen LogP contribution in [0, 0.1) is 23.2 Å². The average Bonchev–Trinajstić information content (AvgIpc) is 2.26. The lowest BCUT2D eigenvalue weighted by atomic mass is 9.49. The van der Waals surface area contributed by atoms with Gasteiger partial charge in [-0.15, -0.1) is 0 Å². The maximum Gasteiger partial charge on any atom is 0.226 e. The molecule has 4 aliphatic rings. The molecule has 2 nitrogen and oxygen atoms in total. The van der Waals surface area contributed by atoms with Gasteiger partial charge in [-0.05, 0) is 63.2 Å². The third-order valence-corrected chi connectivity index (χ3v) is 6.10. The Morgan fingerprint density at radius 2 is 1.71 bits per heavy atom. The fourth-order valence-corrected chi connectivity index (χ4v) is 4.97. The second kappa shape index (κ2) is 4.25. The molecule has 1 unspecified atom stereocenters. The molecule has 4 aliphatic carbocycles. The SMILES string of the molecule is CC(CBr)NC(=O)C12CC3CC(CC(C3)C1)C2. The van der Waals surface area contributed by atoms with Gasteiger partial charge in [-0.3, -0.25) is 4.79 Å². The molecule has 0 aromatic heterocycles. The Morgan fingerprint density at radius 3 is 2.12 bits per heavy atom. The first-order valence-corrected chi connectivity index (χ1v) is 8.10. The number of nitrogens with one attached hydrogen (secondary N) is 1. The first kappa shape index (κ1) is 12.0. The van der Waals surface area contributed by atoms with Crippen LogP contribution in [0.3, 0.4) is 0 Å². The van der Waals surface area contributed by atoms with Gasteiger partial charge < -0.3 is 5.32 Å². The van der Waals surface area contributed by atoms with Crippen molar-refractivity contribution < 1.29 is 4.79 Å². The van der Waals surface area contributed by atoms with Crippen molar-refractivity contribution in [1.82, 2.24) is 5.32 Å². The van der Waals surface area contributed by atoms with Crippen LogP contribution in [0.4, 0.5) is 0 Å². The lowest BCUT2D eigenvalue weighted by molar-refractivity contribution is -0.146. The minimum atomic E-state index is 0.0190. The maximum atomic E-state index is 12.5. The molecule has 0 radical (unpaired) electrons. The maximum absolute atomic E-state index is 12.5. The molecule has 1 amide bonds. The van der Waals surface area contributed by atoms with Crippen molar-refractivity contribution in [2.24, 2.45) is 23.2 Å². The molecule has 0 aliphatic heterocycles. The molecule has 0 aromatic rings. The number of hydrogen-bond acceptors (Lipinski definition) is 1. The van der Waals surface area contributed by atoms with Gasteiger partial charge >= 0.3 is 0 Å². The van der Waals surface area contributed by atoms with Crippen LogP contribution in [-0.2, 0) is 4.79 Å². The molecular weight excluding hydrogens is 278 g/mol. The predicted molar refractivity (Wildman–Crippen MR) is 72.0 cm³/mol. The summed E-state index contributed by atoms with van der Waals surface area (Å²) >= 11 is 3.44. The Bertz CT molecular complexity index is 293. The van der Waals surface area contributed by atoms with E-state index in [1.165, 1.54) is 38.5 Å². The van der Waals surface area contributed by atoms with E-state index in [4.69, 9.17) is 0 Å². The fourth-order valence-electron chi connectivity index (χ4n) is 4.80. The minimum absolute atomic E-state index is 0.0190. The van der Waals surface area contributed by atoms with E-state index in [-0.39, 0.29) is 11.5 Å². The van der Waals surface area contributed by atoms with Crippen LogP contribution in [0.5, 0.6) is 0 Å². The Hall–Kier alpha value is -0.0500. The first-order valence-electron chi connectivity index (χ1n) is 6.98. The molecule has 4 saturated carbocycles. The van der Waals surface area contributed by atoms with Crippen LogP contribution in [0.25, 0.3) is 0 Å². The summed E-state index contributed by atoms with van der Waals surface area (Å²) < 4.78 is 0. The van der Waals surface area contributed by atoms with E-state index >= 15 is 0 Å². The van der Waals surface area contributed by atoms with Gasteiger partial charge in [-0.25, -0.2) is 0 Å². The molecule has 17 heavy (non-hydrogen) atoms. The lowest BCUT2D eigenvalue weighted by Gasteiger charge is -2.55. The first-order chi connectivity index (χ1) is 8.11. The van der Waals surface area contributed by atoms with Gasteiger partial charge in [-0.2, -0.15) is 0 Å². The van der Waals surface area contributed by atoms with Crippen LogP contribution in [0.15, 0.2) is 0 Å². The molecule has 4 rings (SSSR count). The van der Waals surface area contributed by atoms with E-state index in [1.54, 1.807) is 0 Å². The summed E-state index contributed by atoms with van der Waals surface area (Å²) in [4.78, 5) is 12.5. The van der Waals surface area contributed by atoms with Crippen LogP contribution in [-0.4, -0.2) is 17.3 Å². The second-order valence-electron chi connectivity index (χ2n) is 6.73. The Kier molecular flexibility index (Phi) is 3.00. The van der Waals surface area contributed by atoms with E-state index < -0.39 is 0 Å². The van der Waals surface area contributed by atoms with Crippen LogP contribution >= 0.6 is 15.9 Å². The molecule has 96 valence electrons. The summed E-state index contributed by atoms with van der Waals surface area (Å²) in [5.41, 5.74) is 0.0190. The third-order valence-electron chi connectivity index (χ3n) is 5.13. The predicted octanol–water partition coefficient (Wildman–Crippen LogP) is 3.10. The second-order valence-corrected chi connectivity index (χ2v) is 7.37. The molecule has 4 bridgehead atoms. The standard InChI is InChI=1S/C14H22BrNO/c1-9(8-15)16-13(17)14-5-10-2-11(6-14)4-12(3-10)7-14/h9-12H,2-8H2,1H3,(H,16,17). The number of rotatable bonds is 3. The minimum Gasteiger partial charge on any atom is -0.352 e. The van der Waals surface area contributed by atoms with E-state index in [1.807, 2.05) is 0 Å². The number of alkyl halides is 1. The van der Waals surface area contributed by atoms with E-state index in [9.17, 15) is 4.79 Å². The number of hydrogen-bond donors (Lipinski definition) is 1. The van der Waals surface area contributed by atoms with Gasteiger partial charge in [0.05, 0.1) is 0 Å². The molecule has 0 heterocycles. The highest BCUT2D eigenvalue weighted by Gasteiger charge is 2.54.